The molecule has 0 bridgehead atoms. The molecule has 0 N–H and O–H groups in total. The van der Waals surface area contributed by atoms with Crippen molar-refractivity contribution in [3.63, 3.8) is 0 Å². The van der Waals surface area contributed by atoms with E-state index >= 15 is 0 Å². The molecular weight excluding hydrogens is 192 g/mol. The van der Waals surface area contributed by atoms with E-state index < -0.39 is 8.32 Å². The van der Waals surface area contributed by atoms with E-state index in [-0.39, 0.29) is 11.1 Å². The highest BCUT2D eigenvalue weighted by atomic mass is 28.4. The summed E-state index contributed by atoms with van der Waals surface area (Å²) < 4.78 is 6.00. The zero-order chi connectivity index (χ0) is 11.4. The van der Waals surface area contributed by atoms with Gasteiger partial charge in [-0.3, -0.25) is 4.79 Å². The van der Waals surface area contributed by atoms with Gasteiger partial charge in [-0.25, -0.2) is 0 Å². The molecule has 0 fully saturated rings. The molecule has 0 rings (SSSR count). The molecule has 0 aliphatic carbocycles. The summed E-state index contributed by atoms with van der Waals surface area (Å²) in [7, 11) is -1.69. The van der Waals surface area contributed by atoms with Crippen LogP contribution < -0.4 is 0 Å². The minimum Gasteiger partial charge on any atom is -0.411 e. The monoisotopic (exact) mass is 214 g/mol. The Bertz CT molecular complexity index is 214. The maximum Gasteiger partial charge on any atom is 0.192 e. The third-order valence-electron chi connectivity index (χ3n) is 2.75. The number of aldehydes is 1. The first-order valence-corrected chi connectivity index (χ1v) is 7.91. The van der Waals surface area contributed by atoms with Crippen LogP contribution in [0.4, 0.5) is 0 Å². The Morgan fingerprint density at radius 3 is 2.14 bits per heavy atom. The molecule has 0 saturated heterocycles. The highest BCUT2D eigenvalue weighted by Gasteiger charge is 2.37. The number of carbonyl (C=O) groups excluding carboxylic acids is 1. The van der Waals surface area contributed by atoms with Gasteiger partial charge in [0.1, 0.15) is 6.29 Å². The molecule has 0 aliphatic heterocycles. The summed E-state index contributed by atoms with van der Waals surface area (Å²) in [5.41, 5.74) is 0. The fourth-order valence-corrected chi connectivity index (χ4v) is 2.24. The molecule has 14 heavy (non-hydrogen) atoms. The average Bonchev–Trinajstić information content (AvgIpc) is 1.97. The van der Waals surface area contributed by atoms with E-state index in [0.717, 1.165) is 6.29 Å². The molecule has 0 aromatic carbocycles. The second kappa shape index (κ2) is 4.89. The van der Waals surface area contributed by atoms with Gasteiger partial charge in [-0.15, -0.1) is 0 Å². The van der Waals surface area contributed by atoms with Crippen molar-refractivity contribution in [3.05, 3.63) is 12.2 Å². The quantitative estimate of drug-likeness (QED) is 0.408. The van der Waals surface area contributed by atoms with Crippen LogP contribution in [0.3, 0.4) is 0 Å². The molecule has 0 unspecified atom stereocenters. The minimum absolute atomic E-state index is 0.0288. The highest BCUT2D eigenvalue weighted by molar-refractivity contribution is 6.74. The summed E-state index contributed by atoms with van der Waals surface area (Å²) in [5, 5.41) is 0.219. The maximum absolute atomic E-state index is 10.1. The van der Waals surface area contributed by atoms with E-state index in [9.17, 15) is 4.79 Å². The third-order valence-corrected chi connectivity index (χ3v) is 7.32. The molecule has 0 spiro atoms. The van der Waals surface area contributed by atoms with Crippen molar-refractivity contribution in [2.45, 2.75) is 51.9 Å². The van der Waals surface area contributed by atoms with E-state index in [2.05, 4.69) is 33.9 Å². The van der Waals surface area contributed by atoms with E-state index in [1.54, 1.807) is 6.08 Å². The van der Waals surface area contributed by atoms with Gasteiger partial charge in [0.15, 0.2) is 8.32 Å². The van der Waals surface area contributed by atoms with Crippen LogP contribution in [0.25, 0.3) is 0 Å². The minimum atomic E-state index is -1.69. The van der Waals surface area contributed by atoms with Gasteiger partial charge in [0.2, 0.25) is 0 Å². The van der Waals surface area contributed by atoms with Crippen molar-refractivity contribution in [2.75, 3.05) is 0 Å². The van der Waals surface area contributed by atoms with Crippen molar-refractivity contribution in [1.82, 2.24) is 0 Å². The molecule has 0 aromatic heterocycles. The van der Waals surface area contributed by atoms with Crippen molar-refractivity contribution < 1.29 is 9.22 Å². The van der Waals surface area contributed by atoms with Gasteiger partial charge in [0.05, 0.1) is 6.10 Å². The van der Waals surface area contributed by atoms with Gasteiger partial charge in [-0.2, -0.15) is 0 Å². The third kappa shape index (κ3) is 4.20. The van der Waals surface area contributed by atoms with Gasteiger partial charge in [-0.05, 0) is 31.1 Å². The zero-order valence-corrected chi connectivity index (χ0v) is 11.1. The fraction of sp³-hybridized carbons (Fsp3) is 0.727. The number of carbonyl (C=O) groups is 1. The lowest BCUT2D eigenvalue weighted by molar-refractivity contribution is -0.104. The lowest BCUT2D eigenvalue weighted by Gasteiger charge is -2.37. The van der Waals surface area contributed by atoms with Gasteiger partial charge in [-0.1, -0.05) is 26.8 Å². The topological polar surface area (TPSA) is 26.3 Å². The van der Waals surface area contributed by atoms with E-state index in [1.165, 1.54) is 6.08 Å². The Morgan fingerprint density at radius 1 is 1.29 bits per heavy atom. The molecule has 0 aliphatic rings. The Balaban J connectivity index is 4.36. The largest absolute Gasteiger partial charge is 0.411 e. The molecule has 0 heterocycles. The first kappa shape index (κ1) is 13.6. The summed E-state index contributed by atoms with van der Waals surface area (Å²) >= 11 is 0. The Hall–Kier alpha value is -0.413. The van der Waals surface area contributed by atoms with Crippen LogP contribution in [0, 0.1) is 0 Å². The number of hydrogen-bond acceptors (Lipinski definition) is 2. The zero-order valence-electron chi connectivity index (χ0n) is 10.1. The first-order chi connectivity index (χ1) is 6.20. The summed E-state index contributed by atoms with van der Waals surface area (Å²) in [6.45, 7) is 13.0. The van der Waals surface area contributed by atoms with Crippen molar-refractivity contribution in [2.24, 2.45) is 0 Å². The lowest BCUT2D eigenvalue weighted by atomic mass is 10.2. The number of rotatable bonds is 4. The summed E-state index contributed by atoms with van der Waals surface area (Å²) in [5.74, 6) is 0. The molecule has 3 heteroatoms. The van der Waals surface area contributed by atoms with Crippen LogP contribution in [0.1, 0.15) is 27.7 Å². The summed E-state index contributed by atoms with van der Waals surface area (Å²) in [4.78, 5) is 10.1. The van der Waals surface area contributed by atoms with Crippen LogP contribution in [-0.2, 0) is 9.22 Å². The molecule has 2 nitrogen and oxygen atoms in total. The smallest absolute Gasteiger partial charge is 0.192 e. The Morgan fingerprint density at radius 2 is 1.79 bits per heavy atom. The molecule has 1 atom stereocenters. The SMILES string of the molecule is C[C@H](/C=C/C=O)O[Si](C)(C)C(C)(C)C. The molecule has 0 aromatic rings. The predicted octanol–water partition coefficient (Wildman–Crippen LogP) is 3.15. The van der Waals surface area contributed by atoms with Crippen molar-refractivity contribution >= 4 is 14.6 Å². The first-order valence-electron chi connectivity index (χ1n) is 5.00. The average molecular weight is 214 g/mol. The lowest BCUT2D eigenvalue weighted by Crippen LogP contribution is -2.42. The van der Waals surface area contributed by atoms with Crippen LogP contribution in [0.5, 0.6) is 0 Å². The van der Waals surface area contributed by atoms with E-state index in [4.69, 9.17) is 4.43 Å². The van der Waals surface area contributed by atoms with Gasteiger partial charge in [0, 0.05) is 0 Å². The van der Waals surface area contributed by atoms with Crippen LogP contribution in [-0.4, -0.2) is 20.7 Å². The Labute approximate surface area is 88.5 Å². The molecule has 0 saturated carbocycles. The molecule has 82 valence electrons. The normalized spacial score (nSPS) is 15.9. The van der Waals surface area contributed by atoms with Crippen LogP contribution in [0.2, 0.25) is 18.1 Å². The van der Waals surface area contributed by atoms with Crippen molar-refractivity contribution in [1.29, 1.82) is 0 Å². The Kier molecular flexibility index (Phi) is 4.75. The number of hydrogen-bond donors (Lipinski definition) is 0. The van der Waals surface area contributed by atoms with Gasteiger partial charge < -0.3 is 4.43 Å². The van der Waals surface area contributed by atoms with Gasteiger partial charge in [0.25, 0.3) is 0 Å². The number of allylic oxidation sites excluding steroid dienone is 1. The fourth-order valence-electron chi connectivity index (χ4n) is 0.883. The summed E-state index contributed by atoms with van der Waals surface area (Å²) in [6.07, 6.45) is 4.11. The van der Waals surface area contributed by atoms with Crippen LogP contribution >= 0.6 is 0 Å². The van der Waals surface area contributed by atoms with E-state index in [0.29, 0.717) is 0 Å². The van der Waals surface area contributed by atoms with Crippen molar-refractivity contribution in [3.8, 4) is 0 Å². The van der Waals surface area contributed by atoms with Crippen LogP contribution in [0.15, 0.2) is 12.2 Å². The molecular formula is C11H22O2Si. The predicted molar refractivity (Wildman–Crippen MR) is 62.9 cm³/mol. The second-order valence-electron chi connectivity index (χ2n) is 5.10. The standard InChI is InChI=1S/C11H22O2Si/c1-10(8-7-9-12)13-14(5,6)11(2,3)4/h7-10H,1-6H3/b8-7+/t10-/m1/s1. The molecule has 0 amide bonds. The maximum atomic E-state index is 10.1. The highest BCUT2D eigenvalue weighted by Crippen LogP contribution is 2.37. The second-order valence-corrected chi connectivity index (χ2v) is 9.86. The van der Waals surface area contributed by atoms with E-state index in [1.807, 2.05) is 6.92 Å². The summed E-state index contributed by atoms with van der Waals surface area (Å²) in [6, 6.07) is 0. The molecule has 0 radical (unpaired) electrons. The van der Waals surface area contributed by atoms with Gasteiger partial charge >= 0.3 is 0 Å².